The second-order valence-corrected chi connectivity index (χ2v) is 7.04. The summed E-state index contributed by atoms with van der Waals surface area (Å²) in [4.78, 5) is 29.4. The van der Waals surface area contributed by atoms with Crippen molar-refractivity contribution in [3.8, 4) is 17.4 Å². The Kier molecular flexibility index (Phi) is 4.93. The number of aliphatic imine (C=N–C) groups is 1. The van der Waals surface area contributed by atoms with Crippen LogP contribution in [0.1, 0.15) is 10.6 Å². The fourth-order valence-electron chi connectivity index (χ4n) is 2.96. The van der Waals surface area contributed by atoms with Gasteiger partial charge in [0.15, 0.2) is 11.6 Å². The number of hydrogen-bond donors (Lipinski definition) is 1. The maximum Gasteiger partial charge on any atom is 0.242 e. The average Bonchev–Trinajstić information content (AvgIpc) is 3.18. The van der Waals surface area contributed by atoms with E-state index < -0.39 is 11.7 Å². The van der Waals surface area contributed by atoms with E-state index in [4.69, 9.17) is 27.6 Å². The molecule has 29 heavy (non-hydrogen) atoms. The van der Waals surface area contributed by atoms with Gasteiger partial charge in [-0.15, -0.1) is 0 Å². The van der Waals surface area contributed by atoms with Gasteiger partial charge in [0.2, 0.25) is 11.7 Å². The van der Waals surface area contributed by atoms with Crippen molar-refractivity contribution in [1.29, 1.82) is 5.26 Å². The van der Waals surface area contributed by atoms with Gasteiger partial charge in [0.25, 0.3) is 0 Å². The molecule has 1 N–H and O–H groups in total. The van der Waals surface area contributed by atoms with Crippen molar-refractivity contribution in [2.45, 2.75) is 0 Å². The van der Waals surface area contributed by atoms with E-state index in [0.29, 0.717) is 27.1 Å². The van der Waals surface area contributed by atoms with Crippen molar-refractivity contribution in [1.82, 2.24) is 5.32 Å². The first kappa shape index (κ1) is 18.9. The molecule has 1 amide bonds. The summed E-state index contributed by atoms with van der Waals surface area (Å²) in [6, 6.07) is 9.68. The summed E-state index contributed by atoms with van der Waals surface area (Å²) in [6.45, 7) is 0. The van der Waals surface area contributed by atoms with E-state index in [9.17, 15) is 14.9 Å². The van der Waals surface area contributed by atoms with E-state index >= 15 is 0 Å². The second kappa shape index (κ2) is 7.55. The molecule has 4 rings (SSSR count). The Hall–Kier alpha value is -3.40. The smallest absolute Gasteiger partial charge is 0.242 e. The molecule has 0 radical (unpaired) electrons. The van der Waals surface area contributed by atoms with Crippen LogP contribution in [0.25, 0.3) is 11.3 Å². The van der Waals surface area contributed by atoms with Gasteiger partial charge >= 0.3 is 0 Å². The maximum absolute atomic E-state index is 12.8. The molecule has 142 valence electrons. The van der Waals surface area contributed by atoms with Crippen molar-refractivity contribution in [3.63, 3.8) is 0 Å². The summed E-state index contributed by atoms with van der Waals surface area (Å²) < 4.78 is 5.61. The SMILES string of the molecule is N#C/C(C(=O)c1ccc(-c2ccc(Cl)cc2Cl)o1)=C1/N=C2C=CC=CC2C(=O)N1. The minimum Gasteiger partial charge on any atom is -0.453 e. The van der Waals surface area contributed by atoms with Crippen LogP contribution < -0.4 is 5.32 Å². The molecule has 0 saturated heterocycles. The summed E-state index contributed by atoms with van der Waals surface area (Å²) in [6.07, 6.45) is 6.82. The van der Waals surface area contributed by atoms with Gasteiger partial charge in [0.05, 0.1) is 16.7 Å². The fourth-order valence-corrected chi connectivity index (χ4v) is 3.46. The molecule has 0 bridgehead atoms. The first-order valence-electron chi connectivity index (χ1n) is 8.46. The highest BCUT2D eigenvalue weighted by atomic mass is 35.5. The standard InChI is InChI=1S/C21H11Cl2N3O3/c22-11-5-6-12(15(23)9-11)17-7-8-18(29-17)19(27)14(10-24)20-25-16-4-2-1-3-13(16)21(28)26-20/h1-9,13H,(H,26,28)/b20-14+. The number of rotatable bonds is 3. The maximum atomic E-state index is 12.8. The number of fused-ring (bicyclic) bond motifs is 1. The lowest BCUT2D eigenvalue weighted by atomic mass is 9.95. The van der Waals surface area contributed by atoms with Crippen LogP contribution in [0.4, 0.5) is 0 Å². The van der Waals surface area contributed by atoms with E-state index in [0.717, 1.165) is 0 Å². The third-order valence-electron chi connectivity index (χ3n) is 4.37. The molecule has 2 heterocycles. The third kappa shape index (κ3) is 3.54. The number of allylic oxidation sites excluding steroid dienone is 4. The third-order valence-corrected chi connectivity index (χ3v) is 4.92. The number of amides is 1. The summed E-state index contributed by atoms with van der Waals surface area (Å²) in [5.41, 5.74) is 0.685. The van der Waals surface area contributed by atoms with E-state index in [1.807, 2.05) is 6.07 Å². The minimum atomic E-state index is -0.697. The molecule has 1 aliphatic carbocycles. The lowest BCUT2D eigenvalue weighted by Crippen LogP contribution is -2.39. The number of Topliss-reactive ketones (excluding diaryl/α,β-unsaturated/α-hetero) is 1. The molecule has 1 aromatic heterocycles. The first-order chi connectivity index (χ1) is 14.0. The van der Waals surface area contributed by atoms with Crippen LogP contribution >= 0.6 is 23.2 Å². The largest absolute Gasteiger partial charge is 0.453 e. The van der Waals surface area contributed by atoms with E-state index in [1.165, 1.54) is 6.07 Å². The molecule has 1 aromatic carbocycles. The van der Waals surface area contributed by atoms with Gasteiger partial charge in [-0.2, -0.15) is 5.26 Å². The van der Waals surface area contributed by atoms with Crippen LogP contribution in [0.5, 0.6) is 0 Å². The lowest BCUT2D eigenvalue weighted by Gasteiger charge is -2.22. The summed E-state index contributed by atoms with van der Waals surface area (Å²) >= 11 is 12.1. The molecule has 1 atom stereocenters. The molecule has 1 unspecified atom stereocenters. The Balaban J connectivity index is 1.70. The second-order valence-electron chi connectivity index (χ2n) is 6.20. The van der Waals surface area contributed by atoms with E-state index in [2.05, 4.69) is 10.3 Å². The zero-order valence-corrected chi connectivity index (χ0v) is 16.2. The summed E-state index contributed by atoms with van der Waals surface area (Å²) in [5, 5.41) is 12.9. The van der Waals surface area contributed by atoms with Gasteiger partial charge in [0, 0.05) is 10.6 Å². The summed E-state index contributed by atoms with van der Waals surface area (Å²) in [5.74, 6) is -1.43. The van der Waals surface area contributed by atoms with Gasteiger partial charge in [-0.1, -0.05) is 41.4 Å². The lowest BCUT2D eigenvalue weighted by molar-refractivity contribution is -0.121. The molecule has 0 fully saturated rings. The normalized spacial score (nSPS) is 19.1. The molecule has 6 nitrogen and oxygen atoms in total. The quantitative estimate of drug-likeness (QED) is 0.446. The predicted octanol–water partition coefficient (Wildman–Crippen LogP) is 4.48. The molecular formula is C21H11Cl2N3O3. The summed E-state index contributed by atoms with van der Waals surface area (Å²) in [7, 11) is 0. The molecule has 2 aliphatic rings. The number of benzene rings is 1. The van der Waals surface area contributed by atoms with Crippen molar-refractivity contribution in [2.75, 3.05) is 0 Å². The predicted molar refractivity (Wildman–Crippen MR) is 108 cm³/mol. The van der Waals surface area contributed by atoms with Gasteiger partial charge in [-0.3, -0.25) is 9.59 Å². The van der Waals surface area contributed by atoms with Crippen molar-refractivity contribution < 1.29 is 14.0 Å². The highest BCUT2D eigenvalue weighted by Gasteiger charge is 2.30. The zero-order chi connectivity index (χ0) is 20.5. The Morgan fingerprint density at radius 3 is 2.79 bits per heavy atom. The highest BCUT2D eigenvalue weighted by Crippen LogP contribution is 2.32. The molecule has 0 saturated carbocycles. The number of nitriles is 1. The van der Waals surface area contributed by atoms with Crippen molar-refractivity contribution in [2.24, 2.45) is 10.9 Å². The number of nitrogens with one attached hydrogen (secondary N) is 1. The highest BCUT2D eigenvalue weighted by molar-refractivity contribution is 6.36. The molecule has 2 aromatic rings. The van der Waals surface area contributed by atoms with Gasteiger partial charge < -0.3 is 9.73 Å². The zero-order valence-electron chi connectivity index (χ0n) is 14.6. The number of halogens is 2. The fraction of sp³-hybridized carbons (Fsp3) is 0.0476. The number of nitrogens with zero attached hydrogens (tertiary/aromatic N) is 2. The van der Waals surface area contributed by atoms with Crippen molar-refractivity contribution >= 4 is 40.6 Å². The van der Waals surface area contributed by atoms with Crippen LogP contribution in [0.15, 0.2) is 75.4 Å². The van der Waals surface area contributed by atoms with E-state index in [1.54, 1.807) is 48.6 Å². The van der Waals surface area contributed by atoms with Crippen LogP contribution in [0.3, 0.4) is 0 Å². The molecule has 0 spiro atoms. The Morgan fingerprint density at radius 2 is 2.03 bits per heavy atom. The number of ketones is 1. The van der Waals surface area contributed by atoms with Gasteiger partial charge in [-0.25, -0.2) is 4.99 Å². The van der Waals surface area contributed by atoms with Crippen LogP contribution in [0.2, 0.25) is 10.0 Å². The van der Waals surface area contributed by atoms with Crippen molar-refractivity contribution in [3.05, 3.63) is 81.8 Å². The number of carbonyl (C=O) groups excluding carboxylic acids is 2. The monoisotopic (exact) mass is 423 g/mol. The Morgan fingerprint density at radius 1 is 1.21 bits per heavy atom. The van der Waals surface area contributed by atoms with E-state index in [-0.39, 0.29) is 23.1 Å². The number of hydrogen-bond acceptors (Lipinski definition) is 5. The van der Waals surface area contributed by atoms with Crippen LogP contribution in [0, 0.1) is 17.2 Å². The number of furan rings is 1. The Bertz CT molecular complexity index is 1210. The molecular weight excluding hydrogens is 413 g/mol. The van der Waals surface area contributed by atoms with Gasteiger partial charge in [0.1, 0.15) is 17.4 Å². The van der Waals surface area contributed by atoms with Crippen LogP contribution in [-0.4, -0.2) is 17.4 Å². The van der Waals surface area contributed by atoms with Crippen LogP contribution in [-0.2, 0) is 4.79 Å². The Labute approximate surface area is 175 Å². The first-order valence-corrected chi connectivity index (χ1v) is 9.22. The topological polar surface area (TPSA) is 95.5 Å². The average molecular weight is 424 g/mol. The number of carbonyl (C=O) groups is 2. The molecule has 1 aliphatic heterocycles. The molecule has 8 heteroatoms. The van der Waals surface area contributed by atoms with Gasteiger partial charge in [-0.05, 0) is 36.4 Å². The minimum absolute atomic E-state index is 0.0780.